The molecule has 2 aliphatic rings. The molecular formula is C22H22ClF2N4O4+. The maximum absolute atomic E-state index is 13.4. The first-order valence-corrected chi connectivity index (χ1v) is 10.9. The summed E-state index contributed by atoms with van der Waals surface area (Å²) in [6, 6.07) is 4.37. The van der Waals surface area contributed by atoms with Crippen LogP contribution in [-0.2, 0) is 20.1 Å². The van der Waals surface area contributed by atoms with Gasteiger partial charge in [0.25, 0.3) is 5.91 Å². The minimum absolute atomic E-state index is 0.0915. The molecule has 0 aromatic carbocycles. The van der Waals surface area contributed by atoms with E-state index in [4.69, 9.17) is 21.1 Å². The van der Waals surface area contributed by atoms with Gasteiger partial charge in [0.2, 0.25) is 11.8 Å². The molecule has 2 fully saturated rings. The Kier molecular flexibility index (Phi) is 6.47. The Morgan fingerprint density at radius 2 is 2.06 bits per heavy atom. The molecule has 33 heavy (non-hydrogen) atoms. The number of hydrogen-bond donors (Lipinski definition) is 2. The molecule has 4 rings (SSSR count). The Balaban J connectivity index is 1.50. The standard InChI is InChI=1S/C22H21ClF2N4O4/c1-2-22(32-7-8-33-22)15-10-17(23)27-12-16(15)28-19(30)13-4-6-26-18(9-13)29-20(31)14-3-5-21(24,25)11-14/h4,6,9-10,14H,2-3,5,7-8,11H2,1H3,(H-,26,28,29,30,31)/p+1. The molecule has 2 aromatic heterocycles. The molecule has 1 saturated carbocycles. The van der Waals surface area contributed by atoms with Crippen molar-refractivity contribution in [1.82, 2.24) is 4.98 Å². The van der Waals surface area contributed by atoms with E-state index in [1.807, 2.05) is 6.92 Å². The van der Waals surface area contributed by atoms with E-state index >= 15 is 0 Å². The zero-order valence-corrected chi connectivity index (χ0v) is 18.5. The highest BCUT2D eigenvalue weighted by molar-refractivity contribution is 6.28. The monoisotopic (exact) mass is 479 g/mol. The van der Waals surface area contributed by atoms with E-state index < -0.39 is 35.9 Å². The van der Waals surface area contributed by atoms with Crippen molar-refractivity contribution in [1.29, 1.82) is 0 Å². The number of alkyl halides is 2. The van der Waals surface area contributed by atoms with Gasteiger partial charge in [-0.3, -0.25) is 9.59 Å². The summed E-state index contributed by atoms with van der Waals surface area (Å²) in [5.41, 5.74) is 0.912. The van der Waals surface area contributed by atoms with Crippen LogP contribution in [0.2, 0.25) is 5.15 Å². The summed E-state index contributed by atoms with van der Waals surface area (Å²) in [6.45, 7) is 2.66. The van der Waals surface area contributed by atoms with E-state index in [9.17, 15) is 18.4 Å². The highest BCUT2D eigenvalue weighted by atomic mass is 35.5. The predicted molar refractivity (Wildman–Crippen MR) is 113 cm³/mol. The topological polar surface area (TPSA) is 104 Å². The molecule has 1 atom stereocenters. The van der Waals surface area contributed by atoms with Crippen LogP contribution in [0.4, 0.5) is 20.3 Å². The molecule has 8 nitrogen and oxygen atoms in total. The number of nitrogens with zero attached hydrogens (tertiary/aromatic N) is 2. The number of hydrogen-bond acceptors (Lipinski definition) is 5. The lowest BCUT2D eigenvalue weighted by molar-refractivity contribution is -0.291. The zero-order chi connectivity index (χ0) is 23.6. The van der Waals surface area contributed by atoms with Crippen molar-refractivity contribution in [3.05, 3.63) is 46.9 Å². The normalized spacial score (nSPS) is 20.8. The Bertz CT molecular complexity index is 1060. The van der Waals surface area contributed by atoms with E-state index in [1.165, 1.54) is 18.3 Å². The van der Waals surface area contributed by atoms with Gasteiger partial charge in [0.15, 0.2) is 11.5 Å². The molecule has 2 aromatic rings. The summed E-state index contributed by atoms with van der Waals surface area (Å²) in [5.74, 6) is -5.68. The molecule has 1 aliphatic carbocycles. The first kappa shape index (κ1) is 23.3. The van der Waals surface area contributed by atoms with Gasteiger partial charge >= 0.3 is 11.3 Å². The van der Waals surface area contributed by atoms with Crippen LogP contribution in [-0.4, -0.2) is 35.9 Å². The van der Waals surface area contributed by atoms with Crippen molar-refractivity contribution in [3.8, 4) is 0 Å². The average molecular weight is 480 g/mol. The third-order valence-corrected chi connectivity index (χ3v) is 5.92. The number of amides is 2. The van der Waals surface area contributed by atoms with Crippen LogP contribution in [0.15, 0.2) is 24.4 Å². The molecule has 0 bridgehead atoms. The average Bonchev–Trinajstić information content (AvgIpc) is 3.42. The highest BCUT2D eigenvalue weighted by Gasteiger charge is 2.43. The second kappa shape index (κ2) is 9.17. The summed E-state index contributed by atoms with van der Waals surface area (Å²) in [7, 11) is 0. The molecule has 0 radical (unpaired) electrons. The Hall–Kier alpha value is -2.87. The summed E-state index contributed by atoms with van der Waals surface area (Å²) < 4.78 is 38.4. The maximum Gasteiger partial charge on any atom is 0.409 e. The van der Waals surface area contributed by atoms with Crippen molar-refractivity contribution in [2.24, 2.45) is 5.92 Å². The third kappa shape index (κ3) is 5.05. The minimum Gasteiger partial charge on any atom is -0.343 e. The molecular weight excluding hydrogens is 458 g/mol. The number of rotatable bonds is 6. The summed E-state index contributed by atoms with van der Waals surface area (Å²) >= 11 is 6.05. The summed E-state index contributed by atoms with van der Waals surface area (Å²) in [6.07, 6.45) is 3.80. The fourth-order valence-corrected chi connectivity index (χ4v) is 4.17. The molecule has 2 amide bonds. The molecule has 2 N–H and O–H groups in total. The number of aromatic nitrogens is 2. The van der Waals surface area contributed by atoms with Gasteiger partial charge in [0.1, 0.15) is 5.82 Å². The molecule has 3 heterocycles. The Labute approximate surface area is 194 Å². The van der Waals surface area contributed by atoms with Gasteiger partial charge in [0.05, 0.1) is 24.8 Å². The van der Waals surface area contributed by atoms with Crippen LogP contribution in [0.25, 0.3) is 0 Å². The van der Waals surface area contributed by atoms with Crippen LogP contribution in [0.3, 0.4) is 0 Å². The third-order valence-electron chi connectivity index (χ3n) is 5.72. The fourth-order valence-electron chi connectivity index (χ4n) is 4.02. The van der Waals surface area contributed by atoms with Gasteiger partial charge in [-0.2, -0.15) is 0 Å². The van der Waals surface area contributed by atoms with Crippen LogP contribution < -0.4 is 15.6 Å². The van der Waals surface area contributed by atoms with Crippen LogP contribution in [0.1, 0.15) is 48.5 Å². The number of pyridine rings is 1. The van der Waals surface area contributed by atoms with E-state index in [1.54, 1.807) is 6.07 Å². The van der Waals surface area contributed by atoms with Crippen LogP contribution in [0, 0.1) is 12.1 Å². The van der Waals surface area contributed by atoms with Crippen molar-refractivity contribution in [2.75, 3.05) is 23.8 Å². The molecule has 174 valence electrons. The first-order chi connectivity index (χ1) is 15.7. The van der Waals surface area contributed by atoms with E-state index in [0.29, 0.717) is 25.2 Å². The SMILES string of the molecule is CCC1(c2cc(Cl)[n+]#cc2NC(=O)c2ccnc(NC(=O)C3CCC(F)(F)C3)c2)OCCO1. The summed E-state index contributed by atoms with van der Waals surface area (Å²) in [5, 5.41) is 5.41. The van der Waals surface area contributed by atoms with E-state index in [0.717, 1.165) is 0 Å². The van der Waals surface area contributed by atoms with Gasteiger partial charge < -0.3 is 20.1 Å². The maximum atomic E-state index is 13.4. The minimum atomic E-state index is -2.83. The van der Waals surface area contributed by atoms with Crippen molar-refractivity contribution >= 4 is 34.9 Å². The van der Waals surface area contributed by atoms with Crippen molar-refractivity contribution < 1.29 is 32.8 Å². The number of ether oxygens (including phenoxy) is 2. The lowest BCUT2D eigenvalue weighted by Gasteiger charge is -2.26. The predicted octanol–water partition coefficient (Wildman–Crippen LogP) is 3.37. The second-order valence-corrected chi connectivity index (χ2v) is 8.34. The van der Waals surface area contributed by atoms with Gasteiger partial charge in [-0.05, 0) is 23.5 Å². The van der Waals surface area contributed by atoms with Crippen molar-refractivity contribution in [2.45, 2.75) is 44.3 Å². The first-order valence-electron chi connectivity index (χ1n) is 10.5. The number of halogens is 3. The summed E-state index contributed by atoms with van der Waals surface area (Å²) in [4.78, 5) is 33.2. The zero-order valence-electron chi connectivity index (χ0n) is 17.8. The van der Waals surface area contributed by atoms with Gasteiger partial charge in [0, 0.05) is 48.5 Å². The molecule has 1 unspecified atom stereocenters. The van der Waals surface area contributed by atoms with E-state index in [-0.39, 0.29) is 35.1 Å². The largest absolute Gasteiger partial charge is 0.409 e. The van der Waals surface area contributed by atoms with Crippen LogP contribution in [0.5, 0.6) is 0 Å². The van der Waals surface area contributed by atoms with Gasteiger partial charge in [-0.15, -0.1) is 0 Å². The molecule has 1 aliphatic heterocycles. The molecule has 1 saturated heterocycles. The Morgan fingerprint density at radius 1 is 1.30 bits per heavy atom. The van der Waals surface area contributed by atoms with Gasteiger partial charge in [-0.25, -0.2) is 13.8 Å². The smallest absolute Gasteiger partial charge is 0.343 e. The van der Waals surface area contributed by atoms with E-state index in [2.05, 4.69) is 26.8 Å². The second-order valence-electron chi connectivity index (χ2n) is 7.95. The highest BCUT2D eigenvalue weighted by Crippen LogP contribution is 2.40. The lowest BCUT2D eigenvalue weighted by atomic mass is 10.0. The fraction of sp³-hybridized carbons (Fsp3) is 0.455. The lowest BCUT2D eigenvalue weighted by Crippen LogP contribution is -2.29. The Morgan fingerprint density at radius 3 is 2.73 bits per heavy atom. The van der Waals surface area contributed by atoms with Crippen LogP contribution >= 0.6 is 11.6 Å². The number of carbonyl (C=O) groups is 2. The number of carbonyl (C=O) groups excluding carboxylic acids is 2. The molecule has 11 heteroatoms. The quantitative estimate of drug-likeness (QED) is 0.658. The number of nitrogens with one attached hydrogen (secondary N) is 2. The molecule has 0 spiro atoms. The van der Waals surface area contributed by atoms with Crippen molar-refractivity contribution in [3.63, 3.8) is 0 Å². The number of anilines is 2. The van der Waals surface area contributed by atoms with Gasteiger partial charge in [-0.1, -0.05) is 6.92 Å².